The van der Waals surface area contributed by atoms with E-state index in [1.807, 2.05) is 43.3 Å². The van der Waals surface area contributed by atoms with Gasteiger partial charge in [-0.1, -0.05) is 30.3 Å². The molecule has 5 heteroatoms. The third-order valence-electron chi connectivity index (χ3n) is 5.35. The van der Waals surface area contributed by atoms with E-state index in [0.29, 0.717) is 11.5 Å². The van der Waals surface area contributed by atoms with Crippen molar-refractivity contribution in [2.24, 2.45) is 0 Å². The van der Waals surface area contributed by atoms with Crippen LogP contribution in [0.25, 0.3) is 16.6 Å². The highest BCUT2D eigenvalue weighted by Gasteiger charge is 2.18. The van der Waals surface area contributed by atoms with Gasteiger partial charge in [0.25, 0.3) is 0 Å². The molecular formula is C25H26N2O3. The van der Waals surface area contributed by atoms with Crippen molar-refractivity contribution >= 4 is 10.9 Å². The highest BCUT2D eigenvalue weighted by atomic mass is 16.5. The van der Waals surface area contributed by atoms with E-state index < -0.39 is 0 Å². The van der Waals surface area contributed by atoms with E-state index in [0.717, 1.165) is 35.1 Å². The number of benzene rings is 2. The molecule has 1 unspecified atom stereocenters. The molecule has 2 aromatic carbocycles. The van der Waals surface area contributed by atoms with Crippen molar-refractivity contribution in [3.8, 4) is 23.1 Å². The molecule has 0 bridgehead atoms. The van der Waals surface area contributed by atoms with Crippen LogP contribution in [0.2, 0.25) is 0 Å². The molecule has 0 fully saturated rings. The SMILES string of the molecule is COc1ccc(-n2c(O)c3cccnc3c2C)cc1OC(C)CCc1ccccc1. The number of nitrogens with zero attached hydrogens (tertiary/aromatic N) is 2. The lowest BCUT2D eigenvalue weighted by Gasteiger charge is -2.18. The zero-order valence-electron chi connectivity index (χ0n) is 17.5. The predicted octanol–water partition coefficient (Wildman–Crippen LogP) is 5.45. The van der Waals surface area contributed by atoms with E-state index in [1.54, 1.807) is 17.9 Å². The van der Waals surface area contributed by atoms with Crippen LogP contribution in [-0.2, 0) is 6.42 Å². The van der Waals surface area contributed by atoms with Gasteiger partial charge in [0, 0.05) is 18.0 Å². The van der Waals surface area contributed by atoms with E-state index in [4.69, 9.17) is 9.47 Å². The lowest BCUT2D eigenvalue weighted by Crippen LogP contribution is -2.13. The van der Waals surface area contributed by atoms with Gasteiger partial charge in [-0.25, -0.2) is 0 Å². The molecule has 0 aliphatic rings. The number of ether oxygens (including phenoxy) is 2. The maximum atomic E-state index is 10.8. The van der Waals surface area contributed by atoms with Crippen LogP contribution in [0.15, 0.2) is 66.9 Å². The summed E-state index contributed by atoms with van der Waals surface area (Å²) in [6.45, 7) is 4.01. The molecule has 4 rings (SSSR count). The largest absolute Gasteiger partial charge is 0.494 e. The van der Waals surface area contributed by atoms with E-state index in [9.17, 15) is 5.11 Å². The predicted molar refractivity (Wildman–Crippen MR) is 119 cm³/mol. The monoisotopic (exact) mass is 402 g/mol. The Hall–Kier alpha value is -3.47. The Labute approximate surface area is 176 Å². The molecule has 2 heterocycles. The molecule has 0 radical (unpaired) electrons. The van der Waals surface area contributed by atoms with Crippen molar-refractivity contribution in [2.75, 3.05) is 7.11 Å². The second-order valence-electron chi connectivity index (χ2n) is 7.43. The van der Waals surface area contributed by atoms with Crippen molar-refractivity contribution < 1.29 is 14.6 Å². The number of hydrogen-bond donors (Lipinski definition) is 1. The second kappa shape index (κ2) is 8.49. The maximum absolute atomic E-state index is 10.8. The Morgan fingerprint density at radius 2 is 1.83 bits per heavy atom. The number of hydrogen-bond acceptors (Lipinski definition) is 4. The molecule has 0 spiro atoms. The van der Waals surface area contributed by atoms with Gasteiger partial charge in [-0.15, -0.1) is 0 Å². The molecule has 0 amide bonds. The van der Waals surface area contributed by atoms with Crippen molar-refractivity contribution in [3.63, 3.8) is 0 Å². The van der Waals surface area contributed by atoms with Crippen LogP contribution in [0, 0.1) is 6.92 Å². The van der Waals surface area contributed by atoms with Crippen LogP contribution in [0.3, 0.4) is 0 Å². The Bertz CT molecular complexity index is 1110. The average Bonchev–Trinajstić information content (AvgIpc) is 3.03. The van der Waals surface area contributed by atoms with Gasteiger partial charge in [0.1, 0.15) is 0 Å². The third-order valence-corrected chi connectivity index (χ3v) is 5.35. The van der Waals surface area contributed by atoms with Gasteiger partial charge >= 0.3 is 0 Å². The van der Waals surface area contributed by atoms with Gasteiger partial charge < -0.3 is 14.6 Å². The minimum absolute atomic E-state index is 0.00875. The lowest BCUT2D eigenvalue weighted by molar-refractivity contribution is 0.202. The Morgan fingerprint density at radius 3 is 2.57 bits per heavy atom. The van der Waals surface area contributed by atoms with Gasteiger partial charge in [0.2, 0.25) is 5.88 Å². The Balaban J connectivity index is 1.61. The van der Waals surface area contributed by atoms with Gasteiger partial charge in [-0.2, -0.15) is 0 Å². The standard InChI is InChI=1S/C25H26N2O3/c1-17(11-12-19-8-5-4-6-9-19)30-23-16-20(13-14-22(23)29-3)27-18(2)24-21(25(27)28)10-7-15-26-24/h4-10,13-17,28H,11-12H2,1-3H3. The molecule has 4 aromatic rings. The molecule has 0 aliphatic heterocycles. The van der Waals surface area contributed by atoms with Crippen molar-refractivity contribution in [1.29, 1.82) is 0 Å². The highest BCUT2D eigenvalue weighted by molar-refractivity contribution is 5.88. The minimum atomic E-state index is 0.00875. The molecule has 5 nitrogen and oxygen atoms in total. The molecule has 1 N–H and O–H groups in total. The summed E-state index contributed by atoms with van der Waals surface area (Å²) in [4.78, 5) is 4.41. The van der Waals surface area contributed by atoms with Gasteiger partial charge in [-0.05, 0) is 56.5 Å². The van der Waals surface area contributed by atoms with Crippen molar-refractivity contribution in [3.05, 3.63) is 78.1 Å². The molecule has 0 saturated heterocycles. The number of rotatable bonds is 7. The summed E-state index contributed by atoms with van der Waals surface area (Å²) in [6.07, 6.45) is 3.57. The smallest absolute Gasteiger partial charge is 0.205 e. The second-order valence-corrected chi connectivity index (χ2v) is 7.43. The molecule has 1 atom stereocenters. The summed E-state index contributed by atoms with van der Waals surface area (Å²) in [7, 11) is 1.63. The number of aromatic nitrogens is 2. The molecule has 154 valence electrons. The first-order valence-corrected chi connectivity index (χ1v) is 10.1. The van der Waals surface area contributed by atoms with Crippen LogP contribution in [0.1, 0.15) is 24.6 Å². The van der Waals surface area contributed by atoms with E-state index in [1.165, 1.54) is 5.56 Å². The topological polar surface area (TPSA) is 56.5 Å². The van der Waals surface area contributed by atoms with Crippen LogP contribution < -0.4 is 9.47 Å². The number of aromatic hydroxyl groups is 1. The van der Waals surface area contributed by atoms with Crippen molar-refractivity contribution in [2.45, 2.75) is 32.8 Å². The normalized spacial score (nSPS) is 12.1. The van der Waals surface area contributed by atoms with Crippen LogP contribution in [-0.4, -0.2) is 27.9 Å². The van der Waals surface area contributed by atoms with Crippen molar-refractivity contribution in [1.82, 2.24) is 9.55 Å². The van der Waals surface area contributed by atoms with Gasteiger partial charge in [0.15, 0.2) is 11.5 Å². The first kappa shape index (κ1) is 19.8. The average molecular weight is 402 g/mol. The molecule has 30 heavy (non-hydrogen) atoms. The molecule has 2 aromatic heterocycles. The summed E-state index contributed by atoms with van der Waals surface area (Å²) >= 11 is 0. The summed E-state index contributed by atoms with van der Waals surface area (Å²) in [5, 5.41) is 11.5. The fourth-order valence-corrected chi connectivity index (χ4v) is 3.76. The van der Waals surface area contributed by atoms with E-state index in [-0.39, 0.29) is 12.0 Å². The van der Waals surface area contributed by atoms with Crippen LogP contribution >= 0.6 is 0 Å². The van der Waals surface area contributed by atoms with Crippen LogP contribution in [0.5, 0.6) is 17.4 Å². The summed E-state index contributed by atoms with van der Waals surface area (Å²) in [5.74, 6) is 1.49. The minimum Gasteiger partial charge on any atom is -0.494 e. The molecular weight excluding hydrogens is 376 g/mol. The third kappa shape index (κ3) is 3.83. The van der Waals surface area contributed by atoms with E-state index >= 15 is 0 Å². The molecule has 0 aliphatic carbocycles. The first-order chi connectivity index (χ1) is 14.6. The maximum Gasteiger partial charge on any atom is 0.205 e. The summed E-state index contributed by atoms with van der Waals surface area (Å²) in [5.41, 5.74) is 3.75. The number of fused-ring (bicyclic) bond motifs is 1. The Kier molecular flexibility index (Phi) is 5.61. The van der Waals surface area contributed by atoms with E-state index in [2.05, 4.69) is 36.2 Å². The zero-order chi connectivity index (χ0) is 21.1. The van der Waals surface area contributed by atoms with Crippen LogP contribution in [0.4, 0.5) is 0 Å². The quantitative estimate of drug-likeness (QED) is 0.447. The zero-order valence-corrected chi connectivity index (χ0v) is 17.5. The number of pyridine rings is 1. The fraction of sp³-hybridized carbons (Fsp3) is 0.240. The van der Waals surface area contributed by atoms with Gasteiger partial charge in [-0.3, -0.25) is 9.55 Å². The summed E-state index contributed by atoms with van der Waals surface area (Å²) in [6, 6.07) is 19.8. The highest BCUT2D eigenvalue weighted by Crippen LogP contribution is 2.36. The molecule has 0 saturated carbocycles. The first-order valence-electron chi connectivity index (χ1n) is 10.1. The summed E-state index contributed by atoms with van der Waals surface area (Å²) < 4.78 is 13.5. The lowest BCUT2D eigenvalue weighted by atomic mass is 10.1. The Morgan fingerprint density at radius 1 is 1.03 bits per heavy atom. The van der Waals surface area contributed by atoms with Gasteiger partial charge in [0.05, 0.1) is 29.8 Å². The number of aryl methyl sites for hydroxylation is 2. The number of methoxy groups -OCH3 is 1. The fourth-order valence-electron chi connectivity index (χ4n) is 3.76.